The Labute approximate surface area is 123 Å². The van der Waals surface area contributed by atoms with E-state index in [4.69, 9.17) is 10.5 Å². The molecule has 1 unspecified atom stereocenters. The average Bonchev–Trinajstić information content (AvgIpc) is 3.07. The average molecular weight is 294 g/mol. The van der Waals surface area contributed by atoms with Crippen LogP contribution in [0.15, 0.2) is 0 Å². The highest BCUT2D eigenvalue weighted by molar-refractivity contribution is 7.19. The van der Waals surface area contributed by atoms with E-state index in [1.54, 1.807) is 18.4 Å². The van der Waals surface area contributed by atoms with Gasteiger partial charge in [0.2, 0.25) is 0 Å². The van der Waals surface area contributed by atoms with E-state index < -0.39 is 0 Å². The molecular weight excluding hydrogens is 272 g/mol. The maximum Gasteiger partial charge on any atom is 0.174 e. The number of nitrogen functional groups attached to an aromatic ring is 1. The van der Waals surface area contributed by atoms with Crippen LogP contribution in [-0.4, -0.2) is 32.1 Å². The van der Waals surface area contributed by atoms with Gasteiger partial charge in [-0.05, 0) is 25.2 Å². The molecule has 2 heterocycles. The summed E-state index contributed by atoms with van der Waals surface area (Å²) in [4.78, 5) is 15.2. The first-order chi connectivity index (χ1) is 9.65. The normalized spacial score (nSPS) is 22.5. The summed E-state index contributed by atoms with van der Waals surface area (Å²) >= 11 is 1.59. The zero-order valence-corrected chi connectivity index (χ0v) is 13.0. The van der Waals surface area contributed by atoms with Crippen molar-refractivity contribution < 1.29 is 9.53 Å². The van der Waals surface area contributed by atoms with E-state index in [-0.39, 0.29) is 5.78 Å². The zero-order chi connectivity index (χ0) is 14.3. The van der Waals surface area contributed by atoms with Crippen LogP contribution < -0.4 is 10.6 Å². The minimum atomic E-state index is 0.170. The van der Waals surface area contributed by atoms with Crippen LogP contribution in [0, 0.1) is 0 Å². The quantitative estimate of drug-likeness (QED) is 0.848. The summed E-state index contributed by atoms with van der Waals surface area (Å²) in [5.74, 6) is 0.740. The molecule has 1 aliphatic heterocycles. The molecule has 0 radical (unpaired) electrons. The molecule has 1 aromatic heterocycles. The summed E-state index contributed by atoms with van der Waals surface area (Å²) < 4.78 is 5.45. The van der Waals surface area contributed by atoms with E-state index in [0.717, 1.165) is 30.1 Å². The third-order valence-corrected chi connectivity index (χ3v) is 5.61. The van der Waals surface area contributed by atoms with E-state index in [1.807, 2.05) is 6.92 Å². The fourth-order valence-electron chi connectivity index (χ4n) is 2.92. The predicted octanol–water partition coefficient (Wildman–Crippen LogP) is 3.03. The number of methoxy groups -OCH3 is 1. The molecule has 0 bridgehead atoms. The number of ether oxygens (including phenoxy) is 1. The number of carbonyl (C=O) groups excluding carboxylic acids is 1. The van der Waals surface area contributed by atoms with Crippen LogP contribution in [-0.2, 0) is 4.74 Å². The number of rotatable bonds is 5. The number of Topliss-reactive ketones (excluding diaryl/α,β-unsaturated/α-hetero) is 1. The second-order valence-corrected chi connectivity index (χ2v) is 6.71. The minimum absolute atomic E-state index is 0.170. The number of ketones is 1. The summed E-state index contributed by atoms with van der Waals surface area (Å²) in [6, 6.07) is 0. The summed E-state index contributed by atoms with van der Waals surface area (Å²) in [5, 5.41) is 1.22. The van der Waals surface area contributed by atoms with Gasteiger partial charge in [-0.1, -0.05) is 6.92 Å². The molecule has 1 aliphatic carbocycles. The Hall–Kier alpha value is -1.07. The Bertz CT molecular complexity index is 522. The van der Waals surface area contributed by atoms with E-state index in [2.05, 4.69) is 4.90 Å². The van der Waals surface area contributed by atoms with Gasteiger partial charge in [0.25, 0.3) is 0 Å². The van der Waals surface area contributed by atoms with Gasteiger partial charge in [0.1, 0.15) is 0 Å². The van der Waals surface area contributed by atoms with Crippen LogP contribution in [0.2, 0.25) is 0 Å². The van der Waals surface area contributed by atoms with Crippen molar-refractivity contribution in [2.75, 3.05) is 30.8 Å². The van der Waals surface area contributed by atoms with Crippen molar-refractivity contribution >= 4 is 27.8 Å². The first-order valence-electron chi connectivity index (χ1n) is 7.38. The van der Waals surface area contributed by atoms with E-state index in [0.29, 0.717) is 18.4 Å². The molecule has 0 aromatic carbocycles. The molecule has 1 saturated carbocycles. The van der Waals surface area contributed by atoms with Gasteiger partial charge in [-0.25, -0.2) is 0 Å². The minimum Gasteiger partial charge on any atom is -0.397 e. The lowest BCUT2D eigenvalue weighted by Crippen LogP contribution is -2.22. The standard InChI is InChI=1S/C15H22N2O2S/c1-3-11(18)14-13(16)12(9-4-5-9)15(20-14)17-7-6-10(8-17)19-2/h9-10H,3-8,16H2,1-2H3. The first-order valence-corrected chi connectivity index (χ1v) is 8.20. The fourth-order valence-corrected chi connectivity index (χ4v) is 4.27. The lowest BCUT2D eigenvalue weighted by molar-refractivity contribution is 0.0992. The Kier molecular flexibility index (Phi) is 3.73. The SMILES string of the molecule is CCC(=O)c1sc(N2CCC(OC)C2)c(C2CC2)c1N. The fraction of sp³-hybridized carbons (Fsp3) is 0.667. The monoisotopic (exact) mass is 294 g/mol. The Morgan fingerprint density at radius 3 is 2.75 bits per heavy atom. The van der Waals surface area contributed by atoms with Crippen molar-refractivity contribution in [1.82, 2.24) is 0 Å². The third-order valence-electron chi connectivity index (χ3n) is 4.29. The molecule has 20 heavy (non-hydrogen) atoms. The zero-order valence-electron chi connectivity index (χ0n) is 12.1. The maximum atomic E-state index is 12.1. The molecule has 1 atom stereocenters. The van der Waals surface area contributed by atoms with Gasteiger partial charge in [-0.15, -0.1) is 11.3 Å². The summed E-state index contributed by atoms with van der Waals surface area (Å²) in [5.41, 5.74) is 8.28. The van der Waals surface area contributed by atoms with Crippen LogP contribution in [0.5, 0.6) is 0 Å². The first kappa shape index (κ1) is 13.9. The molecule has 0 spiro atoms. The third kappa shape index (κ3) is 2.33. The van der Waals surface area contributed by atoms with Crippen LogP contribution in [0.4, 0.5) is 10.7 Å². The number of thiophene rings is 1. The van der Waals surface area contributed by atoms with E-state index in [1.165, 1.54) is 23.4 Å². The lowest BCUT2D eigenvalue weighted by atomic mass is 10.1. The largest absolute Gasteiger partial charge is 0.397 e. The number of anilines is 2. The van der Waals surface area contributed by atoms with Gasteiger partial charge in [0, 0.05) is 32.2 Å². The highest BCUT2D eigenvalue weighted by Gasteiger charge is 2.36. The highest BCUT2D eigenvalue weighted by Crippen LogP contribution is 2.52. The molecule has 3 rings (SSSR count). The summed E-state index contributed by atoms with van der Waals surface area (Å²) in [6.45, 7) is 3.81. The van der Waals surface area contributed by atoms with Crippen molar-refractivity contribution in [1.29, 1.82) is 0 Å². The van der Waals surface area contributed by atoms with Gasteiger partial charge in [-0.2, -0.15) is 0 Å². The molecule has 0 amide bonds. The molecule has 5 heteroatoms. The van der Waals surface area contributed by atoms with E-state index in [9.17, 15) is 4.79 Å². The van der Waals surface area contributed by atoms with Gasteiger partial charge in [0.05, 0.1) is 21.7 Å². The highest BCUT2D eigenvalue weighted by atomic mass is 32.1. The molecular formula is C15H22N2O2S. The van der Waals surface area contributed by atoms with Gasteiger partial charge >= 0.3 is 0 Å². The molecule has 2 fully saturated rings. The number of nitrogens with zero attached hydrogens (tertiary/aromatic N) is 1. The molecule has 110 valence electrons. The van der Waals surface area contributed by atoms with Crippen LogP contribution in [0.25, 0.3) is 0 Å². The van der Waals surface area contributed by atoms with Gasteiger partial charge in [0.15, 0.2) is 5.78 Å². The van der Waals surface area contributed by atoms with Gasteiger partial charge < -0.3 is 15.4 Å². The smallest absolute Gasteiger partial charge is 0.174 e. The Morgan fingerprint density at radius 1 is 1.45 bits per heavy atom. The molecule has 1 saturated heterocycles. The second-order valence-electron chi connectivity index (χ2n) is 5.71. The number of nitrogens with two attached hydrogens (primary N) is 1. The summed E-state index contributed by atoms with van der Waals surface area (Å²) in [7, 11) is 1.77. The van der Waals surface area contributed by atoms with Crippen LogP contribution in [0.1, 0.15) is 53.8 Å². The topological polar surface area (TPSA) is 55.6 Å². The van der Waals surface area contributed by atoms with Crippen molar-refractivity contribution in [3.05, 3.63) is 10.4 Å². The van der Waals surface area contributed by atoms with Crippen molar-refractivity contribution in [3.63, 3.8) is 0 Å². The number of hydrogen-bond acceptors (Lipinski definition) is 5. The predicted molar refractivity (Wildman–Crippen MR) is 83.0 cm³/mol. The van der Waals surface area contributed by atoms with Crippen molar-refractivity contribution in [3.8, 4) is 0 Å². The Morgan fingerprint density at radius 2 is 2.20 bits per heavy atom. The van der Waals surface area contributed by atoms with Crippen molar-refractivity contribution in [2.24, 2.45) is 0 Å². The summed E-state index contributed by atoms with van der Waals surface area (Å²) in [6.07, 6.45) is 4.28. The molecule has 1 aromatic rings. The van der Waals surface area contributed by atoms with Crippen molar-refractivity contribution in [2.45, 2.75) is 44.6 Å². The Balaban J connectivity index is 1.95. The lowest BCUT2D eigenvalue weighted by Gasteiger charge is -2.18. The second kappa shape index (κ2) is 5.37. The maximum absolute atomic E-state index is 12.1. The molecule has 2 aliphatic rings. The van der Waals surface area contributed by atoms with Gasteiger partial charge in [-0.3, -0.25) is 4.79 Å². The van der Waals surface area contributed by atoms with E-state index >= 15 is 0 Å². The van der Waals surface area contributed by atoms with Crippen LogP contribution >= 0.6 is 11.3 Å². The number of carbonyl (C=O) groups is 1. The number of hydrogen-bond donors (Lipinski definition) is 1. The molecule has 2 N–H and O–H groups in total. The van der Waals surface area contributed by atoms with Crippen LogP contribution in [0.3, 0.4) is 0 Å². The molecule has 4 nitrogen and oxygen atoms in total.